The predicted molar refractivity (Wildman–Crippen MR) is 72.7 cm³/mol. The molecule has 2 N–H and O–H groups in total. The number of hydrogen-bond acceptors (Lipinski definition) is 5. The van der Waals surface area contributed by atoms with Gasteiger partial charge in [-0.1, -0.05) is 0 Å². The van der Waals surface area contributed by atoms with E-state index in [1.54, 1.807) is 0 Å². The molecule has 2 rings (SSSR count). The van der Waals surface area contributed by atoms with Gasteiger partial charge in [0.2, 0.25) is 0 Å². The lowest BCUT2D eigenvalue weighted by atomic mass is 9.92. The number of rotatable bonds is 5. The summed E-state index contributed by atoms with van der Waals surface area (Å²) >= 11 is 0. The standard InChI is InChI=1S/C14H23N3O2/c1-3-19-14(4-6-18-7-5-14)13-16-9-12(10-17-13)8-11(2)15/h9-11H,3-8,15H2,1-2H3. The molecular weight excluding hydrogens is 242 g/mol. The second kappa shape index (κ2) is 6.41. The second-order valence-corrected chi connectivity index (χ2v) is 5.14. The van der Waals surface area contributed by atoms with E-state index in [0.29, 0.717) is 19.8 Å². The van der Waals surface area contributed by atoms with Crippen molar-refractivity contribution in [3.05, 3.63) is 23.8 Å². The van der Waals surface area contributed by atoms with Crippen molar-refractivity contribution in [1.82, 2.24) is 9.97 Å². The van der Waals surface area contributed by atoms with E-state index < -0.39 is 0 Å². The van der Waals surface area contributed by atoms with Crippen LogP contribution in [0.2, 0.25) is 0 Å². The van der Waals surface area contributed by atoms with Crippen molar-refractivity contribution in [2.24, 2.45) is 5.73 Å². The maximum Gasteiger partial charge on any atom is 0.160 e. The Morgan fingerprint density at radius 2 is 2.00 bits per heavy atom. The van der Waals surface area contributed by atoms with Crippen molar-refractivity contribution in [3.63, 3.8) is 0 Å². The summed E-state index contributed by atoms with van der Waals surface area (Å²) < 4.78 is 11.4. The lowest BCUT2D eigenvalue weighted by Crippen LogP contribution is -2.38. The van der Waals surface area contributed by atoms with Crippen LogP contribution < -0.4 is 5.73 Å². The lowest BCUT2D eigenvalue weighted by molar-refractivity contribution is -0.117. The Balaban J connectivity index is 2.17. The second-order valence-electron chi connectivity index (χ2n) is 5.14. The van der Waals surface area contributed by atoms with Gasteiger partial charge in [0.05, 0.1) is 0 Å². The zero-order valence-corrected chi connectivity index (χ0v) is 11.8. The fourth-order valence-corrected chi connectivity index (χ4v) is 2.48. The van der Waals surface area contributed by atoms with Crippen molar-refractivity contribution in [1.29, 1.82) is 0 Å². The van der Waals surface area contributed by atoms with Gasteiger partial charge in [0, 0.05) is 51.1 Å². The molecule has 0 aromatic carbocycles. The highest BCUT2D eigenvalue weighted by Crippen LogP contribution is 2.33. The molecule has 1 unspecified atom stereocenters. The van der Waals surface area contributed by atoms with Gasteiger partial charge >= 0.3 is 0 Å². The van der Waals surface area contributed by atoms with Crippen LogP contribution in [-0.4, -0.2) is 35.8 Å². The molecule has 5 nitrogen and oxygen atoms in total. The van der Waals surface area contributed by atoms with E-state index in [0.717, 1.165) is 30.7 Å². The topological polar surface area (TPSA) is 70.3 Å². The molecule has 0 spiro atoms. The van der Waals surface area contributed by atoms with E-state index in [4.69, 9.17) is 15.2 Å². The van der Waals surface area contributed by atoms with Crippen LogP contribution in [0.5, 0.6) is 0 Å². The Kier molecular flexibility index (Phi) is 4.85. The average Bonchev–Trinajstić information content (AvgIpc) is 2.40. The third-order valence-electron chi connectivity index (χ3n) is 3.39. The molecule has 0 aliphatic carbocycles. The summed E-state index contributed by atoms with van der Waals surface area (Å²) in [6.07, 6.45) is 6.15. The minimum atomic E-state index is -0.375. The molecule has 1 aromatic heterocycles. The molecule has 1 atom stereocenters. The third kappa shape index (κ3) is 3.49. The lowest BCUT2D eigenvalue weighted by Gasteiger charge is -2.35. The van der Waals surface area contributed by atoms with Crippen LogP contribution in [-0.2, 0) is 21.5 Å². The summed E-state index contributed by atoms with van der Waals surface area (Å²) in [7, 11) is 0. The molecule has 0 saturated carbocycles. The minimum absolute atomic E-state index is 0.124. The number of aromatic nitrogens is 2. The summed E-state index contributed by atoms with van der Waals surface area (Å²) in [5, 5.41) is 0. The van der Waals surface area contributed by atoms with E-state index in [2.05, 4.69) is 9.97 Å². The Labute approximate surface area is 114 Å². The Hall–Kier alpha value is -1.04. The van der Waals surface area contributed by atoms with Crippen LogP contribution in [0.3, 0.4) is 0 Å². The highest BCUT2D eigenvalue weighted by molar-refractivity contribution is 5.11. The van der Waals surface area contributed by atoms with Crippen LogP contribution in [0.15, 0.2) is 12.4 Å². The number of hydrogen-bond donors (Lipinski definition) is 1. The smallest absolute Gasteiger partial charge is 0.160 e. The van der Waals surface area contributed by atoms with Crippen molar-refractivity contribution in [3.8, 4) is 0 Å². The van der Waals surface area contributed by atoms with Crippen molar-refractivity contribution < 1.29 is 9.47 Å². The Morgan fingerprint density at radius 3 is 2.53 bits per heavy atom. The normalized spacial score (nSPS) is 20.2. The minimum Gasteiger partial charge on any atom is -0.381 e. The molecule has 1 aliphatic rings. The largest absolute Gasteiger partial charge is 0.381 e. The first-order chi connectivity index (χ1) is 9.16. The fraction of sp³-hybridized carbons (Fsp3) is 0.714. The molecule has 106 valence electrons. The Bertz CT molecular complexity index is 381. The highest BCUT2D eigenvalue weighted by atomic mass is 16.5. The zero-order chi connectivity index (χ0) is 13.7. The van der Waals surface area contributed by atoms with E-state index in [9.17, 15) is 0 Å². The molecule has 19 heavy (non-hydrogen) atoms. The monoisotopic (exact) mass is 265 g/mol. The van der Waals surface area contributed by atoms with Crippen LogP contribution >= 0.6 is 0 Å². The van der Waals surface area contributed by atoms with Gasteiger partial charge in [-0.25, -0.2) is 9.97 Å². The molecule has 0 radical (unpaired) electrons. The molecule has 1 aromatic rings. The first-order valence-corrected chi connectivity index (χ1v) is 6.95. The average molecular weight is 265 g/mol. The van der Waals surface area contributed by atoms with Crippen LogP contribution in [0.25, 0.3) is 0 Å². The summed E-state index contributed by atoms with van der Waals surface area (Å²) in [6.45, 7) is 6.04. The maximum absolute atomic E-state index is 5.95. The molecule has 1 aliphatic heterocycles. The molecule has 2 heterocycles. The van der Waals surface area contributed by atoms with Crippen LogP contribution in [0.1, 0.15) is 38.1 Å². The quantitative estimate of drug-likeness (QED) is 0.871. The van der Waals surface area contributed by atoms with E-state index in [1.165, 1.54) is 0 Å². The van der Waals surface area contributed by atoms with Gasteiger partial charge in [-0.15, -0.1) is 0 Å². The van der Waals surface area contributed by atoms with Gasteiger partial charge in [0.25, 0.3) is 0 Å². The molecule has 5 heteroatoms. The van der Waals surface area contributed by atoms with Crippen molar-refractivity contribution >= 4 is 0 Å². The molecular formula is C14H23N3O2. The number of nitrogens with zero attached hydrogens (tertiary/aromatic N) is 2. The zero-order valence-electron chi connectivity index (χ0n) is 11.8. The summed E-state index contributed by atoms with van der Waals surface area (Å²) in [4.78, 5) is 9.00. The van der Waals surface area contributed by atoms with Crippen LogP contribution in [0.4, 0.5) is 0 Å². The summed E-state index contributed by atoms with van der Waals surface area (Å²) in [6, 6.07) is 0.124. The first-order valence-electron chi connectivity index (χ1n) is 6.95. The van der Waals surface area contributed by atoms with Gasteiger partial charge in [-0.2, -0.15) is 0 Å². The SMILES string of the molecule is CCOC1(c2ncc(CC(C)N)cn2)CCOCC1. The van der Waals surface area contributed by atoms with Crippen molar-refractivity contribution in [2.45, 2.75) is 44.8 Å². The fourth-order valence-electron chi connectivity index (χ4n) is 2.48. The molecule has 1 saturated heterocycles. The number of nitrogens with two attached hydrogens (primary N) is 1. The third-order valence-corrected chi connectivity index (χ3v) is 3.39. The Morgan fingerprint density at radius 1 is 1.37 bits per heavy atom. The van der Waals surface area contributed by atoms with Gasteiger partial charge < -0.3 is 15.2 Å². The number of ether oxygens (including phenoxy) is 2. The first kappa shape index (κ1) is 14.4. The summed E-state index contributed by atoms with van der Waals surface area (Å²) in [5.74, 6) is 0.770. The van der Waals surface area contributed by atoms with Gasteiger partial charge in [-0.3, -0.25) is 0 Å². The van der Waals surface area contributed by atoms with E-state index in [-0.39, 0.29) is 11.6 Å². The molecule has 0 bridgehead atoms. The maximum atomic E-state index is 5.95. The van der Waals surface area contributed by atoms with Crippen LogP contribution in [0, 0.1) is 0 Å². The van der Waals surface area contributed by atoms with Crippen molar-refractivity contribution in [2.75, 3.05) is 19.8 Å². The molecule has 0 amide bonds. The predicted octanol–water partition coefficient (Wildman–Crippen LogP) is 1.41. The van der Waals surface area contributed by atoms with Gasteiger partial charge in [0.1, 0.15) is 5.60 Å². The highest BCUT2D eigenvalue weighted by Gasteiger charge is 2.37. The summed E-state index contributed by atoms with van der Waals surface area (Å²) in [5.41, 5.74) is 6.47. The van der Waals surface area contributed by atoms with E-state index >= 15 is 0 Å². The molecule has 1 fully saturated rings. The van der Waals surface area contributed by atoms with E-state index in [1.807, 2.05) is 26.2 Å². The van der Waals surface area contributed by atoms with Gasteiger partial charge in [-0.05, 0) is 25.8 Å². The van der Waals surface area contributed by atoms with Gasteiger partial charge in [0.15, 0.2) is 5.82 Å².